The Bertz CT molecular complexity index is 1850. The quantitative estimate of drug-likeness (QED) is 0.0994. The second-order valence-electron chi connectivity index (χ2n) is 14.6. The number of phenolic OH excluding ortho intramolecular Hbond substituents is 1. The molecular formula is C36H44N4O13. The van der Waals surface area contributed by atoms with E-state index in [1.54, 1.807) is 49.3 Å². The summed E-state index contributed by atoms with van der Waals surface area (Å²) in [5, 5.41) is 67.0. The first-order valence-electron chi connectivity index (χ1n) is 17.1. The lowest BCUT2D eigenvalue weighted by atomic mass is 9.52. The van der Waals surface area contributed by atoms with Gasteiger partial charge in [-0.3, -0.25) is 28.9 Å². The third kappa shape index (κ3) is 6.05. The van der Waals surface area contributed by atoms with Crippen LogP contribution in [-0.2, 0) is 36.9 Å². The van der Waals surface area contributed by atoms with Crippen LogP contribution in [0.3, 0.4) is 0 Å². The van der Waals surface area contributed by atoms with Crippen LogP contribution in [0.25, 0.3) is 0 Å². The normalized spacial score (nSPS) is 33.9. The van der Waals surface area contributed by atoms with Gasteiger partial charge in [0, 0.05) is 37.8 Å². The highest BCUT2D eigenvalue weighted by Gasteiger charge is 2.69. The van der Waals surface area contributed by atoms with E-state index in [4.69, 9.17) is 15.2 Å². The van der Waals surface area contributed by atoms with E-state index < -0.39 is 107 Å². The summed E-state index contributed by atoms with van der Waals surface area (Å²) in [4.78, 5) is 71.0. The number of hydrogen-bond donors (Lipinski definition) is 8. The number of nitrogens with two attached hydrogens (primary N) is 1. The summed E-state index contributed by atoms with van der Waals surface area (Å²) in [6, 6.07) is 6.95. The molecule has 1 amide bonds. The Morgan fingerprint density at radius 3 is 2.34 bits per heavy atom. The number of aliphatic hydroxyl groups is 5. The van der Waals surface area contributed by atoms with E-state index in [-0.39, 0.29) is 36.4 Å². The second-order valence-corrected chi connectivity index (χ2v) is 14.6. The van der Waals surface area contributed by atoms with Crippen LogP contribution in [0.1, 0.15) is 27.9 Å². The first-order chi connectivity index (χ1) is 24.9. The molecule has 0 spiro atoms. The molecule has 4 aliphatic rings. The first-order valence-corrected chi connectivity index (χ1v) is 17.1. The number of benzene rings is 2. The van der Waals surface area contributed by atoms with Gasteiger partial charge < -0.3 is 56.1 Å². The molecule has 1 heterocycles. The van der Waals surface area contributed by atoms with Gasteiger partial charge >= 0.3 is 0 Å². The molecule has 9 N–H and O–H groups in total. The number of aromatic hydroxyl groups is 1. The predicted octanol–water partition coefficient (Wildman–Crippen LogP) is -2.28. The van der Waals surface area contributed by atoms with Gasteiger partial charge in [-0.15, -0.1) is 0 Å². The van der Waals surface area contributed by atoms with Gasteiger partial charge in [-0.1, -0.05) is 18.2 Å². The fourth-order valence-corrected chi connectivity index (χ4v) is 8.43. The van der Waals surface area contributed by atoms with Crippen molar-refractivity contribution in [2.75, 3.05) is 45.0 Å². The molecule has 286 valence electrons. The molecule has 17 heteroatoms. The summed E-state index contributed by atoms with van der Waals surface area (Å²) in [5.41, 5.74) is 3.89. The number of carbonyl (C=O) groups excluding carboxylic acids is 5. The molecule has 11 atom stereocenters. The van der Waals surface area contributed by atoms with Crippen LogP contribution in [0.2, 0.25) is 0 Å². The van der Waals surface area contributed by atoms with Crippen LogP contribution >= 0.6 is 0 Å². The molecule has 17 nitrogen and oxygen atoms in total. The number of likely N-dealkylation sites (N-methyl/N-ethyl adjacent to an activating group) is 1. The molecule has 3 aliphatic carbocycles. The number of ether oxygens (including phenoxy) is 2. The minimum Gasteiger partial charge on any atom is -0.505 e. The Kier molecular flexibility index (Phi) is 10.1. The summed E-state index contributed by atoms with van der Waals surface area (Å²) in [5.74, 6) is -11.4. The van der Waals surface area contributed by atoms with Crippen molar-refractivity contribution in [2.45, 2.75) is 61.7 Å². The molecule has 0 radical (unpaired) electrons. The minimum atomic E-state index is -2.85. The summed E-state index contributed by atoms with van der Waals surface area (Å²) in [6.45, 7) is -0.678. The maximum atomic E-state index is 14.4. The van der Waals surface area contributed by atoms with E-state index in [2.05, 4.69) is 5.32 Å². The van der Waals surface area contributed by atoms with Crippen molar-refractivity contribution >= 4 is 40.4 Å². The van der Waals surface area contributed by atoms with E-state index in [1.807, 2.05) is 0 Å². The number of nitrogens with one attached hydrogen (secondary N) is 1. The van der Waals surface area contributed by atoms with Crippen molar-refractivity contribution in [3.05, 3.63) is 47.0 Å². The number of amides is 1. The molecule has 53 heavy (non-hydrogen) atoms. The maximum absolute atomic E-state index is 14.4. The monoisotopic (exact) mass is 740 g/mol. The van der Waals surface area contributed by atoms with Gasteiger partial charge in [0.25, 0.3) is 0 Å². The van der Waals surface area contributed by atoms with Crippen LogP contribution in [0.5, 0.6) is 11.5 Å². The molecule has 2 aromatic rings. The molecule has 2 saturated carbocycles. The summed E-state index contributed by atoms with van der Waals surface area (Å²) in [7, 11) is 6.49. The predicted molar refractivity (Wildman–Crippen MR) is 184 cm³/mol. The summed E-state index contributed by atoms with van der Waals surface area (Å²) in [6.07, 6.45) is -7.55. The van der Waals surface area contributed by atoms with Gasteiger partial charge in [0.1, 0.15) is 35.9 Å². The molecule has 2 aromatic carbocycles. The number of ketones is 4. The van der Waals surface area contributed by atoms with Crippen molar-refractivity contribution in [3.8, 4) is 11.5 Å². The number of fused-ring (bicyclic) bond motifs is 3. The molecule has 6 rings (SSSR count). The highest BCUT2D eigenvalue weighted by Crippen LogP contribution is 2.53. The Morgan fingerprint density at radius 2 is 1.72 bits per heavy atom. The van der Waals surface area contributed by atoms with Crippen LogP contribution in [0.15, 0.2) is 30.3 Å². The van der Waals surface area contributed by atoms with Crippen molar-refractivity contribution < 1.29 is 64.1 Å². The average molecular weight is 741 g/mol. The zero-order chi connectivity index (χ0) is 38.8. The van der Waals surface area contributed by atoms with Gasteiger partial charge in [-0.05, 0) is 50.6 Å². The second kappa shape index (κ2) is 14.1. The maximum Gasteiger partial charge on any atom is 0.235 e. The average Bonchev–Trinajstić information content (AvgIpc) is 3.09. The highest BCUT2D eigenvalue weighted by molar-refractivity contribution is 6.32. The van der Waals surface area contributed by atoms with Gasteiger partial charge in [0.2, 0.25) is 12.2 Å². The number of carbonyl (C=O) groups is 5. The number of phenols is 1. The van der Waals surface area contributed by atoms with Crippen molar-refractivity contribution in [1.29, 1.82) is 0 Å². The Hall–Kier alpha value is -4.49. The number of aliphatic hydroxyl groups excluding tert-OH is 4. The number of anilines is 2. The Morgan fingerprint density at radius 1 is 1.04 bits per heavy atom. The zero-order valence-corrected chi connectivity index (χ0v) is 29.5. The van der Waals surface area contributed by atoms with Crippen molar-refractivity contribution in [3.63, 3.8) is 0 Å². The Balaban J connectivity index is 1.33. The van der Waals surface area contributed by atoms with E-state index in [0.717, 1.165) is 0 Å². The van der Waals surface area contributed by atoms with Crippen LogP contribution in [-0.4, -0.2) is 142 Å². The van der Waals surface area contributed by atoms with E-state index in [9.17, 15) is 54.6 Å². The molecular weight excluding hydrogens is 696 g/mol. The molecule has 2 unspecified atom stereocenters. The van der Waals surface area contributed by atoms with Gasteiger partial charge in [0.05, 0.1) is 29.8 Å². The lowest BCUT2D eigenvalue weighted by molar-refractivity contribution is -0.277. The third-order valence-electron chi connectivity index (χ3n) is 11.1. The van der Waals surface area contributed by atoms with Gasteiger partial charge in [0.15, 0.2) is 34.7 Å². The van der Waals surface area contributed by atoms with E-state index in [1.165, 1.54) is 19.0 Å². The SMILES string of the molecule is CN(C)c1cc(NCc2ccccc2O[C@@H]2O[C@H](CO)[C@H](O)[C@H](O)[C@@H]2O)c(O)c2c1C[C@@H]1C[C@@H]3[C@@H](N(C)C)C(=O)C(C(N)=O)C(=O)[C@]3(O)C(=O)C1C2=O. The van der Waals surface area contributed by atoms with E-state index in [0.29, 0.717) is 16.8 Å². The van der Waals surface area contributed by atoms with Crippen LogP contribution in [0.4, 0.5) is 11.4 Å². The number of para-hydroxylation sites is 1. The minimum absolute atomic E-state index is 0.0314. The lowest BCUT2D eigenvalue weighted by Gasteiger charge is -2.52. The zero-order valence-electron chi connectivity index (χ0n) is 29.5. The van der Waals surface area contributed by atoms with Crippen molar-refractivity contribution in [2.24, 2.45) is 29.4 Å². The molecule has 1 saturated heterocycles. The lowest BCUT2D eigenvalue weighted by Crippen LogP contribution is -2.74. The molecule has 0 bridgehead atoms. The number of nitrogens with zero attached hydrogens (tertiary/aromatic N) is 2. The van der Waals surface area contributed by atoms with Crippen LogP contribution in [0, 0.1) is 23.7 Å². The molecule has 3 fully saturated rings. The number of hydrogen-bond acceptors (Lipinski definition) is 16. The topological polar surface area (TPSA) is 270 Å². The number of Topliss-reactive ketones (excluding diaryl/α,β-unsaturated/α-hetero) is 4. The largest absolute Gasteiger partial charge is 0.505 e. The third-order valence-corrected chi connectivity index (χ3v) is 11.1. The number of primary amides is 1. The number of rotatable bonds is 9. The highest BCUT2D eigenvalue weighted by atomic mass is 16.7. The first kappa shape index (κ1) is 38.2. The summed E-state index contributed by atoms with van der Waals surface area (Å²) < 4.78 is 11.3. The molecule has 1 aliphatic heterocycles. The van der Waals surface area contributed by atoms with Gasteiger partial charge in [-0.25, -0.2) is 0 Å². The summed E-state index contributed by atoms with van der Waals surface area (Å²) >= 11 is 0. The molecule has 0 aromatic heterocycles. The fraction of sp³-hybridized carbons (Fsp3) is 0.528. The van der Waals surface area contributed by atoms with Crippen LogP contribution < -0.4 is 20.7 Å². The smallest absolute Gasteiger partial charge is 0.235 e. The Labute approximate surface area is 303 Å². The van der Waals surface area contributed by atoms with Gasteiger partial charge in [-0.2, -0.15) is 0 Å². The van der Waals surface area contributed by atoms with E-state index >= 15 is 0 Å². The van der Waals surface area contributed by atoms with Crippen molar-refractivity contribution in [1.82, 2.24) is 4.90 Å². The fourth-order valence-electron chi connectivity index (χ4n) is 8.43. The standard InChI is InChI=1S/C36H44N4O13/c1-39(2)19-11-18(38-12-14-7-5-6-8-20(14)52-35-31(47)30(46)27(43)21(13-41)53-35)26(42)23-16(19)9-15-10-17-25(40(3)4)29(45)24(34(37)50)33(49)36(17,51)32(48)22(15)28(23)44/h5-8,11,15,17,21-22,24-25,27,30-31,35,38,41-43,46-47,51H,9-10,12-13H2,1-4H3,(H2,37,50)/t15-,17-,21-,22?,24?,25-,27+,30+,31+,35-,36-/m1/s1.